The normalized spacial score (nSPS) is 22.3. The topological polar surface area (TPSA) is 29.1 Å². The van der Waals surface area contributed by atoms with Crippen LogP contribution in [0.5, 0.6) is 0 Å². The molecule has 0 aromatic rings. The van der Waals surface area contributed by atoms with Gasteiger partial charge in [0.1, 0.15) is 0 Å². The second-order valence-electron chi connectivity index (χ2n) is 3.09. The van der Waals surface area contributed by atoms with Gasteiger partial charge in [0.05, 0.1) is 0 Å². The summed E-state index contributed by atoms with van der Waals surface area (Å²) in [4.78, 5) is 0. The molecule has 0 aliphatic heterocycles. The van der Waals surface area contributed by atoms with Crippen LogP contribution in [-0.4, -0.2) is 28.8 Å². The molecule has 1 atom stereocenters. The molecule has 1 aliphatic rings. The second-order valence-corrected chi connectivity index (χ2v) is 4.93. The van der Waals surface area contributed by atoms with Crippen molar-refractivity contribution in [3.8, 4) is 0 Å². The monoisotopic (exact) mass is 175 g/mol. The highest BCUT2D eigenvalue weighted by atomic mass is 32.2. The molecule has 1 N–H and O–H groups in total. The van der Waals surface area contributed by atoms with Gasteiger partial charge in [-0.1, -0.05) is 12.8 Å². The summed E-state index contributed by atoms with van der Waals surface area (Å²) in [6.45, 7) is 0.892. The first-order chi connectivity index (χ1) is 5.34. The van der Waals surface area contributed by atoms with E-state index in [1.165, 1.54) is 25.7 Å². The predicted molar refractivity (Wildman–Crippen MR) is 49.2 cm³/mol. The average Bonchev–Trinajstić information content (AvgIpc) is 2.52. The Hall–Kier alpha value is 0.110. The van der Waals surface area contributed by atoms with Crippen molar-refractivity contribution >= 4 is 10.8 Å². The Morgan fingerprint density at radius 1 is 1.45 bits per heavy atom. The van der Waals surface area contributed by atoms with Crippen LogP contribution >= 0.6 is 0 Å². The fourth-order valence-electron chi connectivity index (χ4n) is 1.52. The third-order valence-corrected chi connectivity index (χ3v) is 4.05. The zero-order valence-corrected chi connectivity index (χ0v) is 7.95. The third kappa shape index (κ3) is 2.91. The minimum Gasteiger partial charge on any atom is -0.319 e. The number of rotatable bonds is 4. The van der Waals surface area contributed by atoms with E-state index in [2.05, 4.69) is 5.32 Å². The lowest BCUT2D eigenvalue weighted by Gasteiger charge is -2.07. The SMILES string of the molecule is CNCCS(=O)C1CCCC1. The van der Waals surface area contributed by atoms with E-state index in [0.29, 0.717) is 5.25 Å². The van der Waals surface area contributed by atoms with Gasteiger partial charge in [-0.3, -0.25) is 4.21 Å². The number of hydrogen-bond donors (Lipinski definition) is 1. The highest BCUT2D eigenvalue weighted by molar-refractivity contribution is 7.85. The van der Waals surface area contributed by atoms with Gasteiger partial charge in [-0.15, -0.1) is 0 Å². The summed E-state index contributed by atoms with van der Waals surface area (Å²) in [5.41, 5.74) is 0. The summed E-state index contributed by atoms with van der Waals surface area (Å²) in [6, 6.07) is 0. The van der Waals surface area contributed by atoms with Gasteiger partial charge in [0, 0.05) is 28.3 Å². The van der Waals surface area contributed by atoms with Gasteiger partial charge in [-0.05, 0) is 19.9 Å². The molecule has 1 rings (SSSR count). The van der Waals surface area contributed by atoms with Crippen molar-refractivity contribution in [2.75, 3.05) is 19.3 Å². The van der Waals surface area contributed by atoms with Gasteiger partial charge in [-0.2, -0.15) is 0 Å². The zero-order chi connectivity index (χ0) is 8.10. The first kappa shape index (κ1) is 9.20. The number of nitrogens with one attached hydrogen (secondary N) is 1. The molecule has 3 heteroatoms. The van der Waals surface area contributed by atoms with Crippen LogP contribution in [-0.2, 0) is 10.8 Å². The molecule has 2 nitrogen and oxygen atoms in total. The highest BCUT2D eigenvalue weighted by Crippen LogP contribution is 2.22. The van der Waals surface area contributed by atoms with Crippen LogP contribution in [0.1, 0.15) is 25.7 Å². The molecule has 0 radical (unpaired) electrons. The second kappa shape index (κ2) is 4.88. The van der Waals surface area contributed by atoms with Crippen LogP contribution in [0.4, 0.5) is 0 Å². The first-order valence-electron chi connectivity index (χ1n) is 4.36. The molecule has 1 saturated carbocycles. The smallest absolute Gasteiger partial charge is 0.0362 e. The van der Waals surface area contributed by atoms with Crippen LogP contribution in [0.15, 0.2) is 0 Å². The number of hydrogen-bond acceptors (Lipinski definition) is 2. The van der Waals surface area contributed by atoms with Crippen molar-refractivity contribution in [3.05, 3.63) is 0 Å². The Kier molecular flexibility index (Phi) is 4.08. The highest BCUT2D eigenvalue weighted by Gasteiger charge is 2.20. The van der Waals surface area contributed by atoms with Crippen LogP contribution in [0.3, 0.4) is 0 Å². The van der Waals surface area contributed by atoms with Crippen molar-refractivity contribution in [1.29, 1.82) is 0 Å². The lowest BCUT2D eigenvalue weighted by atomic mass is 10.4. The maximum absolute atomic E-state index is 11.5. The van der Waals surface area contributed by atoms with Gasteiger partial charge >= 0.3 is 0 Å². The summed E-state index contributed by atoms with van der Waals surface area (Å²) in [6.07, 6.45) is 4.96. The fourth-order valence-corrected chi connectivity index (χ4v) is 3.12. The molecule has 66 valence electrons. The molecule has 1 fully saturated rings. The molecule has 0 bridgehead atoms. The predicted octanol–water partition coefficient (Wildman–Crippen LogP) is 0.897. The Labute approximate surface area is 71.2 Å². The zero-order valence-electron chi connectivity index (χ0n) is 7.14. The molecule has 0 aromatic heterocycles. The summed E-state index contributed by atoms with van der Waals surface area (Å²) >= 11 is 0. The summed E-state index contributed by atoms with van der Waals surface area (Å²) < 4.78 is 11.5. The molecule has 1 aliphatic carbocycles. The maximum Gasteiger partial charge on any atom is 0.0362 e. The lowest BCUT2D eigenvalue weighted by Crippen LogP contribution is -2.21. The van der Waals surface area contributed by atoms with Crippen molar-refractivity contribution in [3.63, 3.8) is 0 Å². The van der Waals surface area contributed by atoms with Gasteiger partial charge in [-0.25, -0.2) is 0 Å². The Morgan fingerprint density at radius 2 is 2.09 bits per heavy atom. The van der Waals surface area contributed by atoms with Crippen molar-refractivity contribution in [2.24, 2.45) is 0 Å². The van der Waals surface area contributed by atoms with Gasteiger partial charge in [0.2, 0.25) is 0 Å². The summed E-state index contributed by atoms with van der Waals surface area (Å²) in [5, 5.41) is 3.55. The molecular formula is C8H17NOS. The Bertz CT molecular complexity index is 132. The fraction of sp³-hybridized carbons (Fsp3) is 1.00. The quantitative estimate of drug-likeness (QED) is 0.688. The van der Waals surface area contributed by atoms with Gasteiger partial charge < -0.3 is 5.32 Å². The molecule has 0 heterocycles. The summed E-state index contributed by atoms with van der Waals surface area (Å²) in [7, 11) is 1.35. The van der Waals surface area contributed by atoms with E-state index in [9.17, 15) is 4.21 Å². The van der Waals surface area contributed by atoms with Crippen LogP contribution in [0, 0.1) is 0 Å². The minimum absolute atomic E-state index is 0.517. The minimum atomic E-state index is -0.558. The van der Waals surface area contributed by atoms with Crippen LogP contribution in [0.25, 0.3) is 0 Å². The maximum atomic E-state index is 11.5. The van der Waals surface area contributed by atoms with E-state index in [1.54, 1.807) is 0 Å². The van der Waals surface area contributed by atoms with E-state index >= 15 is 0 Å². The lowest BCUT2D eigenvalue weighted by molar-refractivity contribution is 0.666. The van der Waals surface area contributed by atoms with Gasteiger partial charge in [0.25, 0.3) is 0 Å². The van der Waals surface area contributed by atoms with E-state index in [0.717, 1.165) is 12.3 Å². The van der Waals surface area contributed by atoms with Crippen molar-refractivity contribution in [2.45, 2.75) is 30.9 Å². The molecule has 1 unspecified atom stereocenters. The van der Waals surface area contributed by atoms with Gasteiger partial charge in [0.15, 0.2) is 0 Å². The molecule has 0 aromatic carbocycles. The molecule has 0 saturated heterocycles. The third-order valence-electron chi connectivity index (χ3n) is 2.23. The van der Waals surface area contributed by atoms with E-state index in [4.69, 9.17) is 0 Å². The largest absolute Gasteiger partial charge is 0.319 e. The Morgan fingerprint density at radius 3 is 2.64 bits per heavy atom. The molecular weight excluding hydrogens is 158 g/mol. The molecule has 0 spiro atoms. The Balaban J connectivity index is 2.17. The van der Waals surface area contributed by atoms with Crippen LogP contribution < -0.4 is 5.32 Å². The van der Waals surface area contributed by atoms with E-state index in [1.807, 2.05) is 7.05 Å². The molecule has 0 amide bonds. The first-order valence-corrected chi connectivity index (χ1v) is 5.74. The van der Waals surface area contributed by atoms with Crippen molar-refractivity contribution in [1.82, 2.24) is 5.32 Å². The average molecular weight is 175 g/mol. The van der Waals surface area contributed by atoms with E-state index < -0.39 is 10.8 Å². The molecule has 11 heavy (non-hydrogen) atoms. The van der Waals surface area contributed by atoms with Crippen molar-refractivity contribution < 1.29 is 4.21 Å². The van der Waals surface area contributed by atoms with E-state index in [-0.39, 0.29) is 0 Å². The van der Waals surface area contributed by atoms with Crippen LogP contribution in [0.2, 0.25) is 0 Å². The summed E-state index contributed by atoms with van der Waals surface area (Å²) in [5.74, 6) is 0.834. The standard InChI is InChI=1S/C8H17NOS/c1-9-6-7-11(10)8-4-2-3-5-8/h8-9H,2-7H2,1H3.